The molecule has 2 aromatic rings. The SMILES string of the molecule is CC1CC(CN)CN1C(=O)c1ccc2nccnc2c1. The highest BCUT2D eigenvalue weighted by Gasteiger charge is 2.32. The molecule has 104 valence electrons. The first-order valence-electron chi connectivity index (χ1n) is 6.91. The Kier molecular flexibility index (Phi) is 3.36. The molecule has 5 nitrogen and oxygen atoms in total. The summed E-state index contributed by atoms with van der Waals surface area (Å²) in [6, 6.07) is 5.72. The number of carbonyl (C=O) groups is 1. The van der Waals surface area contributed by atoms with Gasteiger partial charge in [0, 0.05) is 30.5 Å². The fourth-order valence-electron chi connectivity index (χ4n) is 2.86. The predicted octanol–water partition coefficient (Wildman–Crippen LogP) is 1.44. The maximum absolute atomic E-state index is 12.6. The van der Waals surface area contributed by atoms with Crippen molar-refractivity contribution in [1.82, 2.24) is 14.9 Å². The minimum Gasteiger partial charge on any atom is -0.336 e. The van der Waals surface area contributed by atoms with Crippen molar-refractivity contribution in [1.29, 1.82) is 0 Å². The third-order valence-electron chi connectivity index (χ3n) is 3.97. The molecular weight excluding hydrogens is 252 g/mol. The molecule has 0 aliphatic carbocycles. The van der Waals surface area contributed by atoms with Gasteiger partial charge < -0.3 is 10.6 Å². The summed E-state index contributed by atoms with van der Waals surface area (Å²) in [6.07, 6.45) is 4.27. The zero-order chi connectivity index (χ0) is 14.1. The highest BCUT2D eigenvalue weighted by Crippen LogP contribution is 2.24. The van der Waals surface area contributed by atoms with E-state index >= 15 is 0 Å². The van der Waals surface area contributed by atoms with Crippen LogP contribution in [0.5, 0.6) is 0 Å². The second-order valence-electron chi connectivity index (χ2n) is 5.40. The van der Waals surface area contributed by atoms with E-state index in [4.69, 9.17) is 5.73 Å². The van der Waals surface area contributed by atoms with Gasteiger partial charge in [-0.25, -0.2) is 0 Å². The van der Waals surface area contributed by atoms with Crippen molar-refractivity contribution in [3.05, 3.63) is 36.2 Å². The van der Waals surface area contributed by atoms with E-state index < -0.39 is 0 Å². The van der Waals surface area contributed by atoms with Crippen LogP contribution >= 0.6 is 0 Å². The number of rotatable bonds is 2. The van der Waals surface area contributed by atoms with E-state index in [-0.39, 0.29) is 11.9 Å². The minimum atomic E-state index is 0.0565. The van der Waals surface area contributed by atoms with E-state index in [0.29, 0.717) is 18.0 Å². The van der Waals surface area contributed by atoms with Crippen LogP contribution in [0.3, 0.4) is 0 Å². The lowest BCUT2D eigenvalue weighted by Gasteiger charge is -2.21. The smallest absolute Gasteiger partial charge is 0.254 e. The number of fused-ring (bicyclic) bond motifs is 1. The second kappa shape index (κ2) is 5.17. The first kappa shape index (κ1) is 13.0. The van der Waals surface area contributed by atoms with Gasteiger partial charge in [-0.05, 0) is 44.0 Å². The lowest BCUT2D eigenvalue weighted by molar-refractivity contribution is 0.0743. The van der Waals surface area contributed by atoms with Crippen LogP contribution in [0.2, 0.25) is 0 Å². The summed E-state index contributed by atoms with van der Waals surface area (Å²) < 4.78 is 0. The Morgan fingerprint density at radius 2 is 2.10 bits per heavy atom. The number of likely N-dealkylation sites (tertiary alicyclic amines) is 1. The van der Waals surface area contributed by atoms with Gasteiger partial charge >= 0.3 is 0 Å². The summed E-state index contributed by atoms with van der Waals surface area (Å²) in [6.45, 7) is 3.46. The molecule has 20 heavy (non-hydrogen) atoms. The molecule has 0 spiro atoms. The van der Waals surface area contributed by atoms with Crippen molar-refractivity contribution in [2.75, 3.05) is 13.1 Å². The van der Waals surface area contributed by atoms with Crippen molar-refractivity contribution in [2.45, 2.75) is 19.4 Å². The molecular formula is C15H18N4O. The highest BCUT2D eigenvalue weighted by atomic mass is 16.2. The third kappa shape index (κ3) is 2.25. The van der Waals surface area contributed by atoms with Crippen LogP contribution < -0.4 is 5.73 Å². The number of hydrogen-bond acceptors (Lipinski definition) is 4. The highest BCUT2D eigenvalue weighted by molar-refractivity contribution is 5.97. The average molecular weight is 270 g/mol. The molecule has 1 aliphatic heterocycles. The zero-order valence-corrected chi connectivity index (χ0v) is 11.5. The van der Waals surface area contributed by atoms with Gasteiger partial charge in [-0.15, -0.1) is 0 Å². The number of hydrogen-bond donors (Lipinski definition) is 1. The Bertz CT molecular complexity index is 643. The van der Waals surface area contributed by atoms with Crippen LogP contribution in [-0.4, -0.2) is 39.9 Å². The molecule has 1 amide bonds. The van der Waals surface area contributed by atoms with E-state index in [1.165, 1.54) is 0 Å². The Labute approximate surface area is 117 Å². The van der Waals surface area contributed by atoms with Crippen LogP contribution in [-0.2, 0) is 0 Å². The summed E-state index contributed by atoms with van der Waals surface area (Å²) in [5, 5.41) is 0. The number of nitrogens with two attached hydrogens (primary N) is 1. The van der Waals surface area contributed by atoms with Gasteiger partial charge in [0.05, 0.1) is 11.0 Å². The summed E-state index contributed by atoms with van der Waals surface area (Å²) >= 11 is 0. The quantitative estimate of drug-likeness (QED) is 0.896. The molecule has 3 rings (SSSR count). The van der Waals surface area contributed by atoms with Gasteiger partial charge in [0.2, 0.25) is 0 Å². The van der Waals surface area contributed by atoms with E-state index in [1.54, 1.807) is 12.4 Å². The Hall–Kier alpha value is -2.01. The summed E-state index contributed by atoms with van der Waals surface area (Å²) in [7, 11) is 0. The molecule has 1 fully saturated rings. The molecule has 0 saturated carbocycles. The molecule has 2 unspecified atom stereocenters. The Balaban J connectivity index is 1.89. The van der Waals surface area contributed by atoms with Crippen molar-refractivity contribution >= 4 is 16.9 Å². The fraction of sp³-hybridized carbons (Fsp3) is 0.400. The number of amides is 1. The molecule has 0 bridgehead atoms. The number of nitrogens with zero attached hydrogens (tertiary/aromatic N) is 3. The van der Waals surface area contributed by atoms with Gasteiger partial charge in [0.1, 0.15) is 0 Å². The predicted molar refractivity (Wildman–Crippen MR) is 77.2 cm³/mol. The molecule has 2 heterocycles. The van der Waals surface area contributed by atoms with Gasteiger partial charge in [0.25, 0.3) is 5.91 Å². The van der Waals surface area contributed by atoms with Crippen LogP contribution in [0.25, 0.3) is 11.0 Å². The monoisotopic (exact) mass is 270 g/mol. The number of carbonyl (C=O) groups excluding carboxylic acids is 1. The molecule has 5 heteroatoms. The van der Waals surface area contributed by atoms with Gasteiger partial charge in [-0.2, -0.15) is 0 Å². The summed E-state index contributed by atoms with van der Waals surface area (Å²) in [5.74, 6) is 0.468. The van der Waals surface area contributed by atoms with Crippen molar-refractivity contribution in [2.24, 2.45) is 11.7 Å². The van der Waals surface area contributed by atoms with E-state index in [9.17, 15) is 4.79 Å². The van der Waals surface area contributed by atoms with E-state index in [1.807, 2.05) is 23.1 Å². The van der Waals surface area contributed by atoms with Gasteiger partial charge in [-0.1, -0.05) is 0 Å². The van der Waals surface area contributed by atoms with Gasteiger partial charge in [0.15, 0.2) is 0 Å². The molecule has 2 atom stereocenters. The maximum atomic E-state index is 12.6. The largest absolute Gasteiger partial charge is 0.336 e. The first-order valence-corrected chi connectivity index (χ1v) is 6.91. The molecule has 1 saturated heterocycles. The third-order valence-corrected chi connectivity index (χ3v) is 3.97. The standard InChI is InChI=1S/C15H18N4O/c1-10-6-11(8-16)9-19(10)15(20)12-2-3-13-14(7-12)18-5-4-17-13/h2-5,7,10-11H,6,8-9,16H2,1H3. The van der Waals surface area contributed by atoms with Gasteiger partial charge in [-0.3, -0.25) is 14.8 Å². The Morgan fingerprint density at radius 1 is 1.35 bits per heavy atom. The maximum Gasteiger partial charge on any atom is 0.254 e. The van der Waals surface area contributed by atoms with Crippen LogP contribution in [0.15, 0.2) is 30.6 Å². The van der Waals surface area contributed by atoms with Crippen molar-refractivity contribution in [3.63, 3.8) is 0 Å². The molecule has 1 aromatic heterocycles. The molecule has 1 aromatic carbocycles. The average Bonchev–Trinajstić information content (AvgIpc) is 2.87. The van der Waals surface area contributed by atoms with E-state index in [2.05, 4.69) is 16.9 Å². The van der Waals surface area contributed by atoms with Crippen molar-refractivity contribution in [3.8, 4) is 0 Å². The fourth-order valence-corrected chi connectivity index (χ4v) is 2.86. The lowest BCUT2D eigenvalue weighted by Crippen LogP contribution is -2.34. The minimum absolute atomic E-state index is 0.0565. The Morgan fingerprint density at radius 3 is 2.80 bits per heavy atom. The zero-order valence-electron chi connectivity index (χ0n) is 11.5. The summed E-state index contributed by atoms with van der Waals surface area (Å²) in [5.41, 5.74) is 7.94. The molecule has 0 radical (unpaired) electrons. The van der Waals surface area contributed by atoms with Crippen LogP contribution in [0, 0.1) is 5.92 Å². The van der Waals surface area contributed by atoms with Crippen LogP contribution in [0.1, 0.15) is 23.7 Å². The first-order chi connectivity index (χ1) is 9.69. The van der Waals surface area contributed by atoms with Crippen LogP contribution in [0.4, 0.5) is 0 Å². The number of aromatic nitrogens is 2. The number of benzene rings is 1. The lowest BCUT2D eigenvalue weighted by atomic mass is 10.1. The molecule has 1 aliphatic rings. The second-order valence-corrected chi connectivity index (χ2v) is 5.40. The normalized spacial score (nSPS) is 22.4. The molecule has 2 N–H and O–H groups in total. The van der Waals surface area contributed by atoms with E-state index in [0.717, 1.165) is 24.0 Å². The summed E-state index contributed by atoms with van der Waals surface area (Å²) in [4.78, 5) is 23.0. The van der Waals surface area contributed by atoms with Crippen molar-refractivity contribution < 1.29 is 4.79 Å². The topological polar surface area (TPSA) is 72.1 Å².